The van der Waals surface area contributed by atoms with Crippen molar-refractivity contribution in [3.8, 4) is 5.75 Å². The van der Waals surface area contributed by atoms with Crippen LogP contribution < -0.4 is 4.74 Å². The number of carbonyl (C=O) groups excluding carboxylic acids is 1. The molecular formula is C13H17NO3. The molecule has 0 atom stereocenters. The van der Waals surface area contributed by atoms with Crippen molar-refractivity contribution in [3.05, 3.63) is 29.3 Å². The summed E-state index contributed by atoms with van der Waals surface area (Å²) in [4.78, 5) is 11.0. The number of ether oxygens (including phenoxy) is 1. The predicted octanol–water partition coefficient (Wildman–Crippen LogP) is 2.72. The summed E-state index contributed by atoms with van der Waals surface area (Å²) < 4.78 is 5.09. The summed E-state index contributed by atoms with van der Waals surface area (Å²) in [5.74, 6) is 0.00590. The lowest BCUT2D eigenvalue weighted by atomic mass is 9.86. The first-order chi connectivity index (χ1) is 7.84. The van der Waals surface area contributed by atoms with E-state index in [2.05, 4.69) is 25.9 Å². The maximum atomic E-state index is 11.0. The summed E-state index contributed by atoms with van der Waals surface area (Å²) in [6.45, 7) is 7.54. The molecule has 17 heavy (non-hydrogen) atoms. The van der Waals surface area contributed by atoms with Gasteiger partial charge in [-0.05, 0) is 23.1 Å². The van der Waals surface area contributed by atoms with E-state index in [0.717, 1.165) is 5.56 Å². The SMILES string of the molecule is CC(=O)Oc1cc(C(C)(C)C)ccc1C=NO. The Labute approximate surface area is 101 Å². The Hall–Kier alpha value is -1.84. The molecule has 4 heteroatoms. The Morgan fingerprint density at radius 1 is 1.41 bits per heavy atom. The molecule has 0 saturated heterocycles. The molecule has 0 spiro atoms. The van der Waals surface area contributed by atoms with Crippen LogP contribution in [0.25, 0.3) is 0 Å². The zero-order valence-corrected chi connectivity index (χ0v) is 10.5. The van der Waals surface area contributed by atoms with Gasteiger partial charge in [-0.3, -0.25) is 4.79 Å². The van der Waals surface area contributed by atoms with E-state index in [1.54, 1.807) is 12.1 Å². The Bertz CT molecular complexity index is 444. The average molecular weight is 235 g/mol. The molecule has 0 aliphatic carbocycles. The lowest BCUT2D eigenvalue weighted by Gasteiger charge is -2.20. The topological polar surface area (TPSA) is 58.9 Å². The molecule has 0 bridgehead atoms. The summed E-state index contributed by atoms with van der Waals surface area (Å²) >= 11 is 0. The van der Waals surface area contributed by atoms with Crippen molar-refractivity contribution in [1.29, 1.82) is 0 Å². The maximum Gasteiger partial charge on any atom is 0.308 e. The fourth-order valence-corrected chi connectivity index (χ4v) is 1.41. The number of nitrogens with zero attached hydrogens (tertiary/aromatic N) is 1. The average Bonchev–Trinajstić information content (AvgIpc) is 2.18. The first-order valence-electron chi connectivity index (χ1n) is 5.35. The number of oxime groups is 1. The van der Waals surface area contributed by atoms with E-state index in [9.17, 15) is 4.79 Å². The van der Waals surface area contributed by atoms with Crippen molar-refractivity contribution in [2.24, 2.45) is 5.16 Å². The van der Waals surface area contributed by atoms with Crippen LogP contribution in [0.1, 0.15) is 38.8 Å². The van der Waals surface area contributed by atoms with E-state index < -0.39 is 5.97 Å². The number of rotatable bonds is 2. The van der Waals surface area contributed by atoms with E-state index >= 15 is 0 Å². The van der Waals surface area contributed by atoms with Crippen LogP contribution in [0.15, 0.2) is 23.4 Å². The number of esters is 1. The molecule has 4 nitrogen and oxygen atoms in total. The second-order valence-electron chi connectivity index (χ2n) is 4.84. The van der Waals surface area contributed by atoms with Gasteiger partial charge in [-0.25, -0.2) is 0 Å². The highest BCUT2D eigenvalue weighted by Crippen LogP contribution is 2.28. The number of hydrogen-bond acceptors (Lipinski definition) is 4. The van der Waals surface area contributed by atoms with Crippen LogP contribution in [0, 0.1) is 0 Å². The van der Waals surface area contributed by atoms with Gasteiger partial charge in [-0.1, -0.05) is 32.0 Å². The lowest BCUT2D eigenvalue weighted by molar-refractivity contribution is -0.131. The van der Waals surface area contributed by atoms with Crippen molar-refractivity contribution in [3.63, 3.8) is 0 Å². The van der Waals surface area contributed by atoms with Crippen LogP contribution in [0.2, 0.25) is 0 Å². The third-order valence-electron chi connectivity index (χ3n) is 2.33. The molecule has 0 aliphatic rings. The van der Waals surface area contributed by atoms with Gasteiger partial charge in [0.1, 0.15) is 5.75 Å². The van der Waals surface area contributed by atoms with Gasteiger partial charge < -0.3 is 9.94 Å². The molecule has 0 unspecified atom stereocenters. The zero-order valence-electron chi connectivity index (χ0n) is 10.5. The van der Waals surface area contributed by atoms with Crippen molar-refractivity contribution >= 4 is 12.2 Å². The molecule has 0 aromatic heterocycles. The molecule has 0 amide bonds. The summed E-state index contributed by atoms with van der Waals surface area (Å²) in [5.41, 5.74) is 1.57. The Balaban J connectivity index is 3.23. The van der Waals surface area contributed by atoms with Gasteiger partial charge in [0.15, 0.2) is 0 Å². The molecule has 1 aromatic rings. The number of carbonyl (C=O) groups is 1. The van der Waals surface area contributed by atoms with E-state index in [0.29, 0.717) is 11.3 Å². The highest BCUT2D eigenvalue weighted by molar-refractivity contribution is 5.85. The van der Waals surface area contributed by atoms with Gasteiger partial charge in [0, 0.05) is 12.5 Å². The molecule has 1 rings (SSSR count). The Kier molecular flexibility index (Phi) is 3.89. The van der Waals surface area contributed by atoms with E-state index in [1.165, 1.54) is 13.1 Å². The largest absolute Gasteiger partial charge is 0.426 e. The maximum absolute atomic E-state index is 11.0. The molecule has 0 fully saturated rings. The van der Waals surface area contributed by atoms with Crippen molar-refractivity contribution < 1.29 is 14.7 Å². The first-order valence-corrected chi connectivity index (χ1v) is 5.35. The van der Waals surface area contributed by atoms with Crippen LogP contribution in [0.3, 0.4) is 0 Å². The molecule has 1 N–H and O–H groups in total. The summed E-state index contributed by atoms with van der Waals surface area (Å²) in [7, 11) is 0. The minimum Gasteiger partial charge on any atom is -0.426 e. The summed E-state index contributed by atoms with van der Waals surface area (Å²) in [6.07, 6.45) is 1.24. The van der Waals surface area contributed by atoms with Gasteiger partial charge in [-0.15, -0.1) is 0 Å². The van der Waals surface area contributed by atoms with Crippen LogP contribution in [0.4, 0.5) is 0 Å². The second-order valence-corrected chi connectivity index (χ2v) is 4.84. The minimum atomic E-state index is -0.399. The fraction of sp³-hybridized carbons (Fsp3) is 0.385. The van der Waals surface area contributed by atoms with Crippen LogP contribution in [-0.2, 0) is 10.2 Å². The second kappa shape index (κ2) is 4.99. The van der Waals surface area contributed by atoms with Gasteiger partial charge in [0.05, 0.1) is 6.21 Å². The zero-order chi connectivity index (χ0) is 13.1. The number of benzene rings is 1. The fourth-order valence-electron chi connectivity index (χ4n) is 1.41. The van der Waals surface area contributed by atoms with Crippen LogP contribution in [-0.4, -0.2) is 17.4 Å². The van der Waals surface area contributed by atoms with Gasteiger partial charge >= 0.3 is 5.97 Å². The molecule has 0 radical (unpaired) electrons. The number of hydrogen-bond donors (Lipinski definition) is 1. The van der Waals surface area contributed by atoms with E-state index in [1.807, 2.05) is 6.07 Å². The smallest absolute Gasteiger partial charge is 0.308 e. The van der Waals surface area contributed by atoms with Crippen molar-refractivity contribution in [2.75, 3.05) is 0 Å². The van der Waals surface area contributed by atoms with Gasteiger partial charge in [0.2, 0.25) is 0 Å². The standard InChI is InChI=1S/C13H17NO3/c1-9(15)17-12-7-11(13(2,3)4)6-5-10(12)8-14-16/h5-8,16H,1-4H3. The third kappa shape index (κ3) is 3.59. The molecular weight excluding hydrogens is 218 g/mol. The van der Waals surface area contributed by atoms with Gasteiger partial charge in [-0.2, -0.15) is 0 Å². The Morgan fingerprint density at radius 3 is 2.53 bits per heavy atom. The van der Waals surface area contributed by atoms with E-state index in [-0.39, 0.29) is 5.41 Å². The van der Waals surface area contributed by atoms with Crippen LogP contribution >= 0.6 is 0 Å². The Morgan fingerprint density at radius 2 is 2.06 bits per heavy atom. The molecule has 1 aromatic carbocycles. The third-order valence-corrected chi connectivity index (χ3v) is 2.33. The highest BCUT2D eigenvalue weighted by atomic mass is 16.5. The quantitative estimate of drug-likeness (QED) is 0.282. The molecule has 92 valence electrons. The molecule has 0 saturated carbocycles. The molecule has 0 heterocycles. The van der Waals surface area contributed by atoms with Crippen molar-refractivity contribution in [1.82, 2.24) is 0 Å². The summed E-state index contributed by atoms with van der Waals surface area (Å²) in [6, 6.07) is 5.47. The van der Waals surface area contributed by atoms with Crippen molar-refractivity contribution in [2.45, 2.75) is 33.1 Å². The van der Waals surface area contributed by atoms with E-state index in [4.69, 9.17) is 9.94 Å². The first kappa shape index (κ1) is 13.2. The normalized spacial score (nSPS) is 11.8. The van der Waals surface area contributed by atoms with Crippen LogP contribution in [0.5, 0.6) is 5.75 Å². The minimum absolute atomic E-state index is 0.0379. The summed E-state index contributed by atoms with van der Waals surface area (Å²) in [5, 5.41) is 11.5. The molecule has 0 aliphatic heterocycles. The highest BCUT2D eigenvalue weighted by Gasteiger charge is 2.16. The monoisotopic (exact) mass is 235 g/mol. The predicted molar refractivity (Wildman–Crippen MR) is 65.8 cm³/mol. The van der Waals surface area contributed by atoms with Gasteiger partial charge in [0.25, 0.3) is 0 Å². The lowest BCUT2D eigenvalue weighted by Crippen LogP contribution is -2.12.